The number of methoxy groups -OCH3 is 1. The van der Waals surface area contributed by atoms with Crippen LogP contribution >= 0.6 is 11.3 Å². The predicted molar refractivity (Wildman–Crippen MR) is 78.9 cm³/mol. The molecule has 21 heavy (non-hydrogen) atoms. The van der Waals surface area contributed by atoms with E-state index in [4.69, 9.17) is 4.74 Å². The van der Waals surface area contributed by atoms with Crippen molar-refractivity contribution in [2.24, 2.45) is 0 Å². The molecule has 1 N–H and O–H groups in total. The number of para-hydroxylation sites is 1. The smallest absolute Gasteiger partial charge is 0.348 e. The highest BCUT2D eigenvalue weighted by Crippen LogP contribution is 2.29. The fourth-order valence-electron chi connectivity index (χ4n) is 2.15. The summed E-state index contributed by atoms with van der Waals surface area (Å²) in [7, 11) is 1.32. The van der Waals surface area contributed by atoms with Gasteiger partial charge in [0.05, 0.1) is 12.1 Å². The highest BCUT2D eigenvalue weighted by atomic mass is 32.1. The summed E-state index contributed by atoms with van der Waals surface area (Å²) in [5, 5.41) is 3.36. The predicted octanol–water partition coefficient (Wildman–Crippen LogP) is 2.48. The number of carbonyl (C=O) groups excluding carboxylic acids is 2. The van der Waals surface area contributed by atoms with E-state index in [1.807, 2.05) is 24.3 Å². The Hall–Kier alpha value is -2.34. The average molecular weight is 303 g/mol. The molecule has 0 fully saturated rings. The number of anilines is 1. The molecule has 1 amide bonds. The first-order valence-electron chi connectivity index (χ1n) is 6.41. The van der Waals surface area contributed by atoms with Crippen molar-refractivity contribution in [3.05, 3.63) is 46.8 Å². The summed E-state index contributed by atoms with van der Waals surface area (Å²) in [6, 6.07) is 10.9. The van der Waals surface area contributed by atoms with Gasteiger partial charge in [0.2, 0.25) is 0 Å². The zero-order valence-corrected chi connectivity index (χ0v) is 12.1. The van der Waals surface area contributed by atoms with Crippen LogP contribution in [0.1, 0.15) is 15.2 Å². The maximum Gasteiger partial charge on any atom is 0.348 e. The number of rotatable bonds is 3. The zero-order chi connectivity index (χ0) is 14.8. The van der Waals surface area contributed by atoms with Gasteiger partial charge in [-0.1, -0.05) is 18.2 Å². The maximum atomic E-state index is 12.2. The molecule has 2 aromatic rings. The Labute approximate surface area is 125 Å². The number of esters is 1. The Bertz CT molecular complexity index is 669. The lowest BCUT2D eigenvalue weighted by Gasteiger charge is -2.09. The Morgan fingerprint density at radius 3 is 2.86 bits per heavy atom. The Balaban J connectivity index is 1.65. The van der Waals surface area contributed by atoms with Crippen LogP contribution in [-0.4, -0.2) is 25.1 Å². The Morgan fingerprint density at radius 1 is 1.29 bits per heavy atom. The third-order valence-corrected chi connectivity index (χ3v) is 4.16. The van der Waals surface area contributed by atoms with E-state index in [1.165, 1.54) is 18.4 Å². The first kappa shape index (κ1) is 13.6. The Kier molecular flexibility index (Phi) is 3.62. The second-order valence-electron chi connectivity index (χ2n) is 4.56. The molecule has 1 atom stereocenters. The number of hydrogen-bond donors (Lipinski definition) is 1. The van der Waals surface area contributed by atoms with Crippen LogP contribution in [0.2, 0.25) is 0 Å². The van der Waals surface area contributed by atoms with Crippen LogP contribution in [0.5, 0.6) is 5.75 Å². The van der Waals surface area contributed by atoms with E-state index in [1.54, 1.807) is 12.1 Å². The van der Waals surface area contributed by atoms with E-state index in [9.17, 15) is 9.59 Å². The summed E-state index contributed by atoms with van der Waals surface area (Å²) < 4.78 is 10.2. The highest BCUT2D eigenvalue weighted by Gasteiger charge is 2.29. The van der Waals surface area contributed by atoms with Gasteiger partial charge in [-0.3, -0.25) is 4.79 Å². The van der Waals surface area contributed by atoms with E-state index in [0.717, 1.165) is 11.3 Å². The molecule has 0 radical (unpaired) electrons. The van der Waals surface area contributed by atoms with Crippen LogP contribution in [0.3, 0.4) is 0 Å². The Morgan fingerprint density at radius 2 is 2.10 bits per heavy atom. The molecule has 0 bridgehead atoms. The monoisotopic (exact) mass is 303 g/mol. The molecule has 1 aromatic carbocycles. The number of hydrogen-bond acceptors (Lipinski definition) is 5. The van der Waals surface area contributed by atoms with Gasteiger partial charge in [-0.2, -0.15) is 0 Å². The fourth-order valence-corrected chi connectivity index (χ4v) is 2.97. The van der Waals surface area contributed by atoms with E-state index in [-0.39, 0.29) is 5.91 Å². The molecule has 1 aliphatic rings. The summed E-state index contributed by atoms with van der Waals surface area (Å²) in [5.74, 6) is 0.119. The van der Waals surface area contributed by atoms with Gasteiger partial charge in [-0.15, -0.1) is 11.3 Å². The van der Waals surface area contributed by atoms with Crippen molar-refractivity contribution in [1.82, 2.24) is 0 Å². The molecule has 6 heteroatoms. The van der Waals surface area contributed by atoms with Gasteiger partial charge >= 0.3 is 5.97 Å². The third kappa shape index (κ3) is 2.75. The summed E-state index contributed by atoms with van der Waals surface area (Å²) in [4.78, 5) is 24.0. The van der Waals surface area contributed by atoms with Crippen molar-refractivity contribution < 1.29 is 19.1 Å². The van der Waals surface area contributed by atoms with Gasteiger partial charge in [0.15, 0.2) is 6.10 Å². The van der Waals surface area contributed by atoms with E-state index in [2.05, 4.69) is 10.1 Å². The summed E-state index contributed by atoms with van der Waals surface area (Å²) in [6.45, 7) is 0. The average Bonchev–Trinajstić information content (AvgIpc) is 3.12. The SMILES string of the molecule is COC(=O)c1ccc(NC(=O)[C@@H]2Cc3ccccc3O2)s1. The van der Waals surface area contributed by atoms with Crippen LogP contribution in [0.25, 0.3) is 0 Å². The lowest BCUT2D eigenvalue weighted by atomic mass is 10.1. The van der Waals surface area contributed by atoms with E-state index in [0.29, 0.717) is 16.3 Å². The first-order valence-corrected chi connectivity index (χ1v) is 7.22. The van der Waals surface area contributed by atoms with Gasteiger partial charge in [0.25, 0.3) is 5.91 Å². The van der Waals surface area contributed by atoms with Crippen molar-refractivity contribution in [3.63, 3.8) is 0 Å². The molecule has 0 saturated heterocycles. The van der Waals surface area contributed by atoms with Gasteiger partial charge in [-0.25, -0.2) is 4.79 Å². The second kappa shape index (κ2) is 5.57. The molecule has 108 valence electrons. The summed E-state index contributed by atoms with van der Waals surface area (Å²) in [5.41, 5.74) is 1.03. The van der Waals surface area contributed by atoms with Crippen molar-refractivity contribution in [1.29, 1.82) is 0 Å². The number of ether oxygens (including phenoxy) is 2. The molecule has 2 heterocycles. The van der Waals surface area contributed by atoms with Crippen molar-refractivity contribution >= 4 is 28.2 Å². The molecule has 3 rings (SSSR count). The lowest BCUT2D eigenvalue weighted by molar-refractivity contribution is -0.122. The van der Waals surface area contributed by atoms with Crippen LogP contribution in [-0.2, 0) is 16.0 Å². The second-order valence-corrected chi connectivity index (χ2v) is 5.65. The molecule has 1 aromatic heterocycles. The number of fused-ring (bicyclic) bond motifs is 1. The van der Waals surface area contributed by atoms with Gasteiger partial charge in [-0.05, 0) is 23.8 Å². The van der Waals surface area contributed by atoms with Crippen molar-refractivity contribution in [2.45, 2.75) is 12.5 Å². The quantitative estimate of drug-likeness (QED) is 0.885. The largest absolute Gasteiger partial charge is 0.480 e. The maximum absolute atomic E-state index is 12.2. The minimum Gasteiger partial charge on any atom is -0.480 e. The number of benzene rings is 1. The number of amides is 1. The normalized spacial score (nSPS) is 16.0. The van der Waals surface area contributed by atoms with Gasteiger partial charge in [0, 0.05) is 6.42 Å². The van der Waals surface area contributed by atoms with Crippen LogP contribution in [0, 0.1) is 0 Å². The first-order chi connectivity index (χ1) is 10.2. The molecular weight excluding hydrogens is 290 g/mol. The molecule has 0 aliphatic carbocycles. The third-order valence-electron chi connectivity index (χ3n) is 3.18. The van der Waals surface area contributed by atoms with E-state index < -0.39 is 12.1 Å². The fraction of sp³-hybridized carbons (Fsp3) is 0.200. The molecule has 0 unspecified atom stereocenters. The topological polar surface area (TPSA) is 64.6 Å². The van der Waals surface area contributed by atoms with Crippen LogP contribution in [0.15, 0.2) is 36.4 Å². The zero-order valence-electron chi connectivity index (χ0n) is 11.3. The highest BCUT2D eigenvalue weighted by molar-refractivity contribution is 7.18. The molecule has 5 nitrogen and oxygen atoms in total. The molecule has 0 saturated carbocycles. The molecular formula is C15H13NO4S. The number of nitrogens with one attached hydrogen (secondary N) is 1. The van der Waals surface area contributed by atoms with Crippen LogP contribution < -0.4 is 10.1 Å². The van der Waals surface area contributed by atoms with Crippen molar-refractivity contribution in [2.75, 3.05) is 12.4 Å². The van der Waals surface area contributed by atoms with Gasteiger partial charge in [0.1, 0.15) is 10.6 Å². The minimum atomic E-state index is -0.536. The van der Waals surface area contributed by atoms with Gasteiger partial charge < -0.3 is 14.8 Å². The standard InChI is InChI=1S/C15H13NO4S/c1-19-15(18)12-6-7-13(21-12)16-14(17)11-8-9-4-2-3-5-10(9)20-11/h2-7,11H,8H2,1H3,(H,16,17)/t11-/m0/s1. The number of carbonyl (C=O) groups is 2. The van der Waals surface area contributed by atoms with Crippen LogP contribution in [0.4, 0.5) is 5.00 Å². The molecule has 1 aliphatic heterocycles. The molecule has 0 spiro atoms. The number of thiophene rings is 1. The lowest BCUT2D eigenvalue weighted by Crippen LogP contribution is -2.31. The summed E-state index contributed by atoms with van der Waals surface area (Å²) in [6.07, 6.45) is 0.0168. The summed E-state index contributed by atoms with van der Waals surface area (Å²) >= 11 is 1.17. The van der Waals surface area contributed by atoms with E-state index >= 15 is 0 Å². The minimum absolute atomic E-state index is 0.218. The van der Waals surface area contributed by atoms with Crippen molar-refractivity contribution in [3.8, 4) is 5.75 Å².